The fraction of sp³-hybridized carbons (Fsp3) is 0.846. The maximum atomic E-state index is 12.2. The second-order valence-electron chi connectivity index (χ2n) is 5.68. The van der Waals surface area contributed by atoms with Crippen LogP contribution in [-0.2, 0) is 9.59 Å². The molecule has 1 unspecified atom stereocenters. The third kappa shape index (κ3) is 2.99. The summed E-state index contributed by atoms with van der Waals surface area (Å²) < 4.78 is 0. The van der Waals surface area contributed by atoms with Crippen molar-refractivity contribution in [3.8, 4) is 0 Å². The number of carbonyl (C=O) groups excluding carboxylic acids is 2. The summed E-state index contributed by atoms with van der Waals surface area (Å²) >= 11 is 0. The van der Waals surface area contributed by atoms with E-state index < -0.39 is 5.41 Å². The van der Waals surface area contributed by atoms with Crippen molar-refractivity contribution in [1.82, 2.24) is 10.6 Å². The van der Waals surface area contributed by atoms with Crippen molar-refractivity contribution in [2.24, 2.45) is 5.41 Å². The van der Waals surface area contributed by atoms with Gasteiger partial charge in [0.2, 0.25) is 11.8 Å². The van der Waals surface area contributed by atoms with Gasteiger partial charge in [0.1, 0.15) is 0 Å². The quantitative estimate of drug-likeness (QED) is 0.713. The molecule has 4 heteroatoms. The van der Waals surface area contributed by atoms with Crippen molar-refractivity contribution in [3.63, 3.8) is 0 Å². The number of hydrogen-bond acceptors (Lipinski definition) is 2. The molecular formula is C13H22N2O2. The smallest absolute Gasteiger partial charge is 0.228 e. The van der Waals surface area contributed by atoms with Gasteiger partial charge in [-0.3, -0.25) is 9.59 Å². The first-order chi connectivity index (χ1) is 8.10. The van der Waals surface area contributed by atoms with Gasteiger partial charge in [0.25, 0.3) is 0 Å². The summed E-state index contributed by atoms with van der Waals surface area (Å²) in [6.45, 7) is 2.35. The molecule has 1 saturated carbocycles. The first-order valence-electron chi connectivity index (χ1n) is 6.68. The molecule has 0 spiro atoms. The maximum Gasteiger partial charge on any atom is 0.228 e. The van der Waals surface area contributed by atoms with Crippen molar-refractivity contribution in [1.29, 1.82) is 0 Å². The molecule has 1 saturated heterocycles. The van der Waals surface area contributed by atoms with E-state index in [0.717, 1.165) is 12.8 Å². The zero-order valence-electron chi connectivity index (χ0n) is 10.6. The minimum Gasteiger partial charge on any atom is -0.355 e. The Morgan fingerprint density at radius 2 is 1.94 bits per heavy atom. The Morgan fingerprint density at radius 3 is 2.47 bits per heavy atom. The van der Waals surface area contributed by atoms with Crippen LogP contribution in [0.3, 0.4) is 0 Å². The zero-order valence-corrected chi connectivity index (χ0v) is 10.6. The molecule has 0 radical (unpaired) electrons. The predicted molar refractivity (Wildman–Crippen MR) is 65.4 cm³/mol. The van der Waals surface area contributed by atoms with Crippen molar-refractivity contribution in [3.05, 3.63) is 0 Å². The van der Waals surface area contributed by atoms with Crippen LogP contribution in [0.4, 0.5) is 0 Å². The lowest BCUT2D eigenvalue weighted by molar-refractivity contribution is -0.131. The minimum atomic E-state index is -0.538. The molecule has 0 bridgehead atoms. The van der Waals surface area contributed by atoms with Crippen molar-refractivity contribution in [2.45, 2.75) is 57.9 Å². The molecule has 0 aromatic rings. The van der Waals surface area contributed by atoms with Gasteiger partial charge in [-0.1, -0.05) is 25.7 Å². The SMILES string of the molecule is CC1(C(=O)NC2CCCCCC2)CNC(=O)C1. The highest BCUT2D eigenvalue weighted by molar-refractivity contribution is 5.92. The molecular weight excluding hydrogens is 216 g/mol. The Morgan fingerprint density at radius 1 is 1.29 bits per heavy atom. The van der Waals surface area contributed by atoms with Crippen molar-refractivity contribution in [2.75, 3.05) is 6.54 Å². The molecule has 1 heterocycles. The van der Waals surface area contributed by atoms with Crippen LogP contribution < -0.4 is 10.6 Å². The molecule has 4 nitrogen and oxygen atoms in total. The van der Waals surface area contributed by atoms with E-state index in [4.69, 9.17) is 0 Å². The minimum absolute atomic E-state index is 0.0106. The predicted octanol–water partition coefficient (Wildman–Crippen LogP) is 1.35. The average Bonchev–Trinajstić information content (AvgIpc) is 2.53. The Balaban J connectivity index is 1.89. The first kappa shape index (κ1) is 12.4. The third-order valence-corrected chi connectivity index (χ3v) is 3.97. The Kier molecular flexibility index (Phi) is 3.69. The molecule has 1 atom stereocenters. The normalized spacial score (nSPS) is 30.8. The van der Waals surface area contributed by atoms with E-state index in [1.807, 2.05) is 6.92 Å². The molecule has 96 valence electrons. The molecule has 2 amide bonds. The summed E-state index contributed by atoms with van der Waals surface area (Å²) in [4.78, 5) is 23.4. The number of carbonyl (C=O) groups is 2. The third-order valence-electron chi connectivity index (χ3n) is 3.97. The molecule has 0 aromatic carbocycles. The Hall–Kier alpha value is -1.06. The number of nitrogens with one attached hydrogen (secondary N) is 2. The van der Waals surface area contributed by atoms with E-state index in [0.29, 0.717) is 19.0 Å². The molecule has 2 fully saturated rings. The number of rotatable bonds is 2. The van der Waals surface area contributed by atoms with Gasteiger partial charge in [0.15, 0.2) is 0 Å². The molecule has 17 heavy (non-hydrogen) atoms. The Labute approximate surface area is 103 Å². The fourth-order valence-electron chi connectivity index (χ4n) is 2.72. The van der Waals surface area contributed by atoms with Crippen LogP contribution >= 0.6 is 0 Å². The standard InChI is InChI=1S/C13H22N2O2/c1-13(8-11(16)14-9-13)12(17)15-10-6-4-2-3-5-7-10/h10H,2-9H2,1H3,(H,14,16)(H,15,17). The molecule has 2 N–H and O–H groups in total. The average molecular weight is 238 g/mol. The zero-order chi connectivity index (χ0) is 12.3. The van der Waals surface area contributed by atoms with Crippen LogP contribution in [0.1, 0.15) is 51.9 Å². The monoisotopic (exact) mass is 238 g/mol. The lowest BCUT2D eigenvalue weighted by Crippen LogP contribution is -2.45. The summed E-state index contributed by atoms with van der Waals surface area (Å²) in [5.74, 6) is 0.0336. The highest BCUT2D eigenvalue weighted by Crippen LogP contribution is 2.26. The Bertz CT molecular complexity index is 309. The van der Waals surface area contributed by atoms with Crippen LogP contribution in [0.2, 0.25) is 0 Å². The van der Waals surface area contributed by atoms with Crippen molar-refractivity contribution >= 4 is 11.8 Å². The summed E-state index contributed by atoms with van der Waals surface area (Å²) in [6, 6.07) is 0.317. The summed E-state index contributed by atoms with van der Waals surface area (Å²) in [7, 11) is 0. The van der Waals surface area contributed by atoms with E-state index >= 15 is 0 Å². The topological polar surface area (TPSA) is 58.2 Å². The van der Waals surface area contributed by atoms with E-state index in [9.17, 15) is 9.59 Å². The van der Waals surface area contributed by atoms with Gasteiger partial charge >= 0.3 is 0 Å². The second kappa shape index (κ2) is 5.07. The highest BCUT2D eigenvalue weighted by Gasteiger charge is 2.41. The van der Waals surface area contributed by atoms with Gasteiger partial charge < -0.3 is 10.6 Å². The van der Waals surface area contributed by atoms with Crippen molar-refractivity contribution < 1.29 is 9.59 Å². The van der Waals surface area contributed by atoms with Crippen LogP contribution in [0.15, 0.2) is 0 Å². The molecule has 0 aromatic heterocycles. The van der Waals surface area contributed by atoms with Gasteiger partial charge in [0.05, 0.1) is 5.41 Å². The van der Waals surface area contributed by atoms with Crippen LogP contribution in [0.25, 0.3) is 0 Å². The van der Waals surface area contributed by atoms with E-state index in [1.165, 1.54) is 25.7 Å². The maximum absolute atomic E-state index is 12.2. The van der Waals surface area contributed by atoms with Gasteiger partial charge in [0, 0.05) is 19.0 Å². The second-order valence-corrected chi connectivity index (χ2v) is 5.68. The van der Waals surface area contributed by atoms with Crippen LogP contribution in [-0.4, -0.2) is 24.4 Å². The fourth-order valence-corrected chi connectivity index (χ4v) is 2.72. The van der Waals surface area contributed by atoms with E-state index in [1.54, 1.807) is 0 Å². The van der Waals surface area contributed by atoms with Crippen LogP contribution in [0, 0.1) is 5.41 Å². The van der Waals surface area contributed by atoms with Gasteiger partial charge in [-0.15, -0.1) is 0 Å². The lowest BCUT2D eigenvalue weighted by Gasteiger charge is -2.25. The summed E-state index contributed by atoms with van der Waals surface area (Å²) in [5, 5.41) is 5.87. The molecule has 1 aliphatic carbocycles. The van der Waals surface area contributed by atoms with Gasteiger partial charge in [-0.2, -0.15) is 0 Å². The molecule has 1 aliphatic heterocycles. The lowest BCUT2D eigenvalue weighted by atomic mass is 9.88. The van der Waals surface area contributed by atoms with Gasteiger partial charge in [-0.25, -0.2) is 0 Å². The van der Waals surface area contributed by atoms with E-state index in [-0.39, 0.29) is 11.8 Å². The number of amides is 2. The largest absolute Gasteiger partial charge is 0.355 e. The van der Waals surface area contributed by atoms with Crippen LogP contribution in [0.5, 0.6) is 0 Å². The summed E-state index contributed by atoms with van der Waals surface area (Å²) in [5.41, 5.74) is -0.538. The summed E-state index contributed by atoms with van der Waals surface area (Å²) in [6.07, 6.45) is 7.48. The molecule has 2 aliphatic rings. The van der Waals surface area contributed by atoms with E-state index in [2.05, 4.69) is 10.6 Å². The first-order valence-corrected chi connectivity index (χ1v) is 6.68. The number of hydrogen-bond donors (Lipinski definition) is 2. The molecule has 2 rings (SSSR count). The van der Waals surface area contributed by atoms with Gasteiger partial charge in [-0.05, 0) is 19.8 Å². The highest BCUT2D eigenvalue weighted by atomic mass is 16.2.